The number of nitrogens with zero attached hydrogens (tertiary/aromatic N) is 1. The molecule has 0 radical (unpaired) electrons. The molecule has 0 aliphatic rings. The molecule has 0 unspecified atom stereocenters. The van der Waals surface area contributed by atoms with Crippen molar-refractivity contribution in [2.75, 3.05) is 0 Å². The van der Waals surface area contributed by atoms with Crippen LogP contribution in [0.4, 0.5) is 4.39 Å². The lowest BCUT2D eigenvalue weighted by atomic mass is 10.0. The highest BCUT2D eigenvalue weighted by atomic mass is 19.1. The number of carbonyl (C=O) groups excluding carboxylic acids is 1. The third-order valence-corrected chi connectivity index (χ3v) is 1.75. The molecule has 0 bridgehead atoms. The molecule has 0 atom stereocenters. The maximum Gasteiger partial charge on any atom is 0.161 e. The molecular formula is C12H8FNO. The van der Waals surface area contributed by atoms with Gasteiger partial charge in [0.2, 0.25) is 0 Å². The van der Waals surface area contributed by atoms with Gasteiger partial charge in [-0.1, -0.05) is 11.8 Å². The van der Waals surface area contributed by atoms with E-state index in [1.54, 1.807) is 0 Å². The van der Waals surface area contributed by atoms with Crippen molar-refractivity contribution in [3.05, 3.63) is 35.1 Å². The van der Waals surface area contributed by atoms with Crippen molar-refractivity contribution in [2.24, 2.45) is 0 Å². The Morgan fingerprint density at radius 2 is 2.27 bits per heavy atom. The van der Waals surface area contributed by atoms with E-state index in [0.29, 0.717) is 5.56 Å². The van der Waals surface area contributed by atoms with E-state index in [2.05, 4.69) is 11.8 Å². The van der Waals surface area contributed by atoms with Crippen molar-refractivity contribution in [2.45, 2.75) is 13.3 Å². The van der Waals surface area contributed by atoms with E-state index < -0.39 is 5.82 Å². The van der Waals surface area contributed by atoms with Crippen LogP contribution in [0.3, 0.4) is 0 Å². The van der Waals surface area contributed by atoms with Crippen molar-refractivity contribution in [3.63, 3.8) is 0 Å². The Balaban J connectivity index is 3.15. The number of ketones is 1. The Morgan fingerprint density at radius 1 is 1.53 bits per heavy atom. The fourth-order valence-electron chi connectivity index (χ4n) is 1.10. The molecule has 0 aliphatic carbocycles. The summed E-state index contributed by atoms with van der Waals surface area (Å²) in [6.45, 7) is 1.35. The molecule has 74 valence electrons. The van der Waals surface area contributed by atoms with Crippen LogP contribution in [0, 0.1) is 29.0 Å². The molecule has 15 heavy (non-hydrogen) atoms. The fourth-order valence-corrected chi connectivity index (χ4v) is 1.10. The number of carbonyl (C=O) groups is 1. The molecule has 1 rings (SSSR count). The SMILES string of the molecule is CC(=O)c1cc(F)ccc1C#CCC#N. The highest BCUT2D eigenvalue weighted by molar-refractivity contribution is 5.96. The molecule has 3 heteroatoms. The fraction of sp³-hybridized carbons (Fsp3) is 0.167. The summed E-state index contributed by atoms with van der Waals surface area (Å²) in [6, 6.07) is 5.70. The maximum atomic E-state index is 12.8. The van der Waals surface area contributed by atoms with Crippen LogP contribution in [0.2, 0.25) is 0 Å². The first-order valence-electron chi connectivity index (χ1n) is 4.31. The summed E-state index contributed by atoms with van der Waals surface area (Å²) in [7, 11) is 0. The van der Waals surface area contributed by atoms with Crippen LogP contribution in [-0.4, -0.2) is 5.78 Å². The van der Waals surface area contributed by atoms with E-state index in [4.69, 9.17) is 5.26 Å². The summed E-state index contributed by atoms with van der Waals surface area (Å²) in [5.74, 6) is 4.54. The predicted molar refractivity (Wildman–Crippen MR) is 53.5 cm³/mol. The van der Waals surface area contributed by atoms with Crippen molar-refractivity contribution >= 4 is 5.78 Å². The van der Waals surface area contributed by atoms with Gasteiger partial charge >= 0.3 is 0 Å². The smallest absolute Gasteiger partial charge is 0.161 e. The molecule has 0 heterocycles. The summed E-state index contributed by atoms with van der Waals surface area (Å²) < 4.78 is 12.8. The second-order valence-corrected chi connectivity index (χ2v) is 2.88. The van der Waals surface area contributed by atoms with Crippen LogP contribution in [-0.2, 0) is 0 Å². The standard InChI is InChI=1S/C12H8FNO/c1-9(15)12-8-11(13)6-5-10(12)4-2-3-7-14/h5-6,8H,3H2,1H3. The monoisotopic (exact) mass is 201 g/mol. The average molecular weight is 201 g/mol. The van der Waals surface area contributed by atoms with Gasteiger partial charge in [0, 0.05) is 11.1 Å². The summed E-state index contributed by atoms with van der Waals surface area (Å²) in [5.41, 5.74) is 0.708. The van der Waals surface area contributed by atoms with Gasteiger partial charge in [-0.3, -0.25) is 4.79 Å². The molecule has 1 aromatic rings. The number of Topliss-reactive ketones (excluding diaryl/α,β-unsaturated/α-hetero) is 1. The second-order valence-electron chi connectivity index (χ2n) is 2.88. The van der Waals surface area contributed by atoms with E-state index in [-0.39, 0.29) is 17.8 Å². The molecule has 0 amide bonds. The lowest BCUT2D eigenvalue weighted by Gasteiger charge is -1.99. The Bertz CT molecular complexity index is 489. The lowest BCUT2D eigenvalue weighted by Crippen LogP contribution is -1.97. The molecule has 0 saturated heterocycles. The molecule has 0 fully saturated rings. The zero-order chi connectivity index (χ0) is 11.3. The third kappa shape index (κ3) is 2.93. The molecule has 0 saturated carbocycles. The van der Waals surface area contributed by atoms with Crippen LogP contribution in [0.15, 0.2) is 18.2 Å². The Kier molecular flexibility index (Phi) is 3.60. The molecule has 1 aromatic carbocycles. The minimum atomic E-state index is -0.467. The van der Waals surface area contributed by atoms with E-state index in [1.165, 1.54) is 19.1 Å². The number of rotatable bonds is 1. The van der Waals surface area contributed by atoms with Crippen LogP contribution < -0.4 is 0 Å². The van der Waals surface area contributed by atoms with E-state index >= 15 is 0 Å². The normalized spacial score (nSPS) is 8.60. The first kappa shape index (κ1) is 10.9. The minimum absolute atomic E-state index is 0.0920. The first-order valence-corrected chi connectivity index (χ1v) is 4.31. The van der Waals surface area contributed by atoms with Gasteiger partial charge in [-0.15, -0.1) is 0 Å². The van der Waals surface area contributed by atoms with Crippen LogP contribution in [0.5, 0.6) is 0 Å². The summed E-state index contributed by atoms with van der Waals surface area (Å²) >= 11 is 0. The largest absolute Gasteiger partial charge is 0.294 e. The van der Waals surface area contributed by atoms with Gasteiger partial charge < -0.3 is 0 Å². The zero-order valence-corrected chi connectivity index (χ0v) is 8.17. The molecule has 0 N–H and O–H groups in total. The van der Waals surface area contributed by atoms with Gasteiger partial charge in [0.15, 0.2) is 5.78 Å². The van der Waals surface area contributed by atoms with Gasteiger partial charge in [0.1, 0.15) is 5.82 Å². The van der Waals surface area contributed by atoms with Crippen LogP contribution in [0.25, 0.3) is 0 Å². The zero-order valence-electron chi connectivity index (χ0n) is 8.17. The van der Waals surface area contributed by atoms with Gasteiger partial charge in [-0.25, -0.2) is 4.39 Å². The molecule has 0 aromatic heterocycles. The Hall–Kier alpha value is -2.13. The second kappa shape index (κ2) is 4.93. The van der Waals surface area contributed by atoms with Gasteiger partial charge in [-0.05, 0) is 25.1 Å². The lowest BCUT2D eigenvalue weighted by molar-refractivity contribution is 0.101. The predicted octanol–water partition coefficient (Wildman–Crippen LogP) is 2.29. The van der Waals surface area contributed by atoms with Crippen molar-refractivity contribution in [1.29, 1.82) is 5.26 Å². The van der Waals surface area contributed by atoms with E-state index in [1.807, 2.05) is 6.07 Å². The number of hydrogen-bond acceptors (Lipinski definition) is 2. The maximum absolute atomic E-state index is 12.8. The average Bonchev–Trinajstić information content (AvgIpc) is 2.20. The number of halogens is 1. The number of hydrogen-bond donors (Lipinski definition) is 0. The number of benzene rings is 1. The molecule has 0 spiro atoms. The van der Waals surface area contributed by atoms with Gasteiger partial charge in [0.05, 0.1) is 12.5 Å². The number of nitriles is 1. The van der Waals surface area contributed by atoms with Gasteiger partial charge in [-0.2, -0.15) is 5.26 Å². The van der Waals surface area contributed by atoms with Crippen LogP contribution in [0.1, 0.15) is 29.3 Å². The van der Waals surface area contributed by atoms with Crippen molar-refractivity contribution < 1.29 is 9.18 Å². The topological polar surface area (TPSA) is 40.9 Å². The van der Waals surface area contributed by atoms with E-state index in [0.717, 1.165) is 6.07 Å². The summed E-state index contributed by atoms with van der Waals surface area (Å²) in [6.07, 6.45) is 0.0920. The molecule has 2 nitrogen and oxygen atoms in total. The van der Waals surface area contributed by atoms with Crippen LogP contribution >= 0.6 is 0 Å². The Labute approximate surface area is 87.3 Å². The summed E-state index contributed by atoms with van der Waals surface area (Å²) in [5, 5.41) is 8.29. The first-order chi connectivity index (χ1) is 7.15. The highest BCUT2D eigenvalue weighted by Gasteiger charge is 2.06. The van der Waals surface area contributed by atoms with E-state index in [9.17, 15) is 9.18 Å². The highest BCUT2D eigenvalue weighted by Crippen LogP contribution is 2.10. The minimum Gasteiger partial charge on any atom is -0.294 e. The van der Waals surface area contributed by atoms with Crippen molar-refractivity contribution in [3.8, 4) is 17.9 Å². The molecule has 0 aliphatic heterocycles. The van der Waals surface area contributed by atoms with Gasteiger partial charge in [0.25, 0.3) is 0 Å². The third-order valence-electron chi connectivity index (χ3n) is 1.75. The quantitative estimate of drug-likeness (QED) is 0.516. The molecular weight excluding hydrogens is 193 g/mol. The Morgan fingerprint density at radius 3 is 2.87 bits per heavy atom. The van der Waals surface area contributed by atoms with Crippen molar-refractivity contribution in [1.82, 2.24) is 0 Å². The summed E-state index contributed by atoms with van der Waals surface area (Å²) in [4.78, 5) is 11.2.